The van der Waals surface area contributed by atoms with Crippen molar-refractivity contribution in [3.05, 3.63) is 29.8 Å². The number of hydrogen-bond donors (Lipinski definition) is 2. The van der Waals surface area contributed by atoms with Gasteiger partial charge in [-0.3, -0.25) is 4.79 Å². The minimum absolute atomic E-state index is 0.323. The molecule has 0 fully saturated rings. The smallest absolute Gasteiger partial charge is 0.261 e. The van der Waals surface area contributed by atoms with E-state index >= 15 is 0 Å². The molecule has 2 rings (SSSR count). The van der Waals surface area contributed by atoms with Crippen LogP contribution in [0.1, 0.15) is 18.9 Å². The summed E-state index contributed by atoms with van der Waals surface area (Å²) in [6.45, 7) is 1.79. The molecule has 0 saturated carbocycles. The summed E-state index contributed by atoms with van der Waals surface area (Å²) in [6, 6.07) is 7.22. The van der Waals surface area contributed by atoms with Gasteiger partial charge in [0.2, 0.25) is 0 Å². The Bertz CT molecular complexity index is 362. The molecule has 68 valence electrons. The molecule has 1 aromatic rings. The molecular weight excluding hydrogens is 166 g/mol. The van der Waals surface area contributed by atoms with Gasteiger partial charge in [0.25, 0.3) is 5.91 Å². The van der Waals surface area contributed by atoms with Crippen molar-refractivity contribution in [3.63, 3.8) is 0 Å². The summed E-state index contributed by atoms with van der Waals surface area (Å²) in [5.41, 5.74) is 0.0794. The third-order valence-corrected chi connectivity index (χ3v) is 2.51. The van der Waals surface area contributed by atoms with E-state index < -0.39 is 5.60 Å². The van der Waals surface area contributed by atoms with Crippen LogP contribution in [0.15, 0.2) is 24.3 Å². The molecule has 1 atom stereocenters. The fourth-order valence-electron chi connectivity index (χ4n) is 1.65. The second kappa shape index (κ2) is 2.57. The van der Waals surface area contributed by atoms with Crippen molar-refractivity contribution in [3.8, 4) is 0 Å². The highest BCUT2D eigenvalue weighted by atomic mass is 16.3. The number of benzene rings is 1. The number of anilines is 1. The van der Waals surface area contributed by atoms with Gasteiger partial charge < -0.3 is 10.4 Å². The predicted molar refractivity (Wildman–Crippen MR) is 49.3 cm³/mol. The van der Waals surface area contributed by atoms with Crippen molar-refractivity contribution in [2.45, 2.75) is 18.9 Å². The molecule has 1 amide bonds. The lowest BCUT2D eigenvalue weighted by Crippen LogP contribution is -2.33. The number of carbonyl (C=O) groups is 1. The highest BCUT2D eigenvalue weighted by Crippen LogP contribution is 2.37. The molecule has 0 aromatic heterocycles. The van der Waals surface area contributed by atoms with Crippen LogP contribution in [0, 0.1) is 0 Å². The average molecular weight is 177 g/mol. The third kappa shape index (κ3) is 0.971. The SMILES string of the molecule is CCC1(O)C(=O)Nc2ccccc21. The van der Waals surface area contributed by atoms with Gasteiger partial charge in [-0.25, -0.2) is 0 Å². The van der Waals surface area contributed by atoms with E-state index in [-0.39, 0.29) is 5.91 Å². The van der Waals surface area contributed by atoms with Crippen molar-refractivity contribution in [1.29, 1.82) is 0 Å². The Labute approximate surface area is 76.4 Å². The summed E-state index contributed by atoms with van der Waals surface area (Å²) in [4.78, 5) is 11.4. The zero-order chi connectivity index (χ0) is 9.47. The maximum absolute atomic E-state index is 11.4. The standard InChI is InChI=1S/C10H11NO2/c1-2-10(13)7-5-3-4-6-8(7)11-9(10)12/h3-6,13H,2H2,1H3,(H,11,12). The molecule has 3 heteroatoms. The van der Waals surface area contributed by atoms with Crippen molar-refractivity contribution in [2.24, 2.45) is 0 Å². The number of para-hydroxylation sites is 1. The summed E-state index contributed by atoms with van der Waals surface area (Å²) >= 11 is 0. The molecule has 2 N–H and O–H groups in total. The Hall–Kier alpha value is -1.35. The Morgan fingerprint density at radius 3 is 2.85 bits per heavy atom. The highest BCUT2D eigenvalue weighted by molar-refractivity contribution is 6.04. The van der Waals surface area contributed by atoms with Crippen LogP contribution in [0.2, 0.25) is 0 Å². The first kappa shape index (κ1) is 8.26. The summed E-state index contributed by atoms with van der Waals surface area (Å²) in [6.07, 6.45) is 0.399. The summed E-state index contributed by atoms with van der Waals surface area (Å²) in [7, 11) is 0. The maximum atomic E-state index is 11.4. The van der Waals surface area contributed by atoms with Gasteiger partial charge in [0.15, 0.2) is 5.60 Å². The molecular formula is C10H11NO2. The number of carbonyl (C=O) groups excluding carboxylic acids is 1. The van der Waals surface area contributed by atoms with Crippen LogP contribution in [0.25, 0.3) is 0 Å². The van der Waals surface area contributed by atoms with E-state index in [1.165, 1.54) is 0 Å². The van der Waals surface area contributed by atoms with Crippen LogP contribution in [-0.2, 0) is 10.4 Å². The monoisotopic (exact) mass is 177 g/mol. The van der Waals surface area contributed by atoms with Crippen molar-refractivity contribution in [1.82, 2.24) is 0 Å². The molecule has 0 aliphatic carbocycles. The number of fused-ring (bicyclic) bond motifs is 1. The van der Waals surface area contributed by atoms with Gasteiger partial charge in [0.05, 0.1) is 0 Å². The maximum Gasteiger partial charge on any atom is 0.261 e. The van der Waals surface area contributed by atoms with E-state index in [4.69, 9.17) is 0 Å². The molecule has 3 nitrogen and oxygen atoms in total. The Kier molecular flexibility index (Phi) is 1.63. The van der Waals surface area contributed by atoms with E-state index in [9.17, 15) is 9.90 Å². The van der Waals surface area contributed by atoms with Crippen LogP contribution in [0.5, 0.6) is 0 Å². The molecule has 1 heterocycles. The minimum atomic E-state index is -1.32. The highest BCUT2D eigenvalue weighted by Gasteiger charge is 2.43. The minimum Gasteiger partial charge on any atom is -0.375 e. The van der Waals surface area contributed by atoms with Gasteiger partial charge >= 0.3 is 0 Å². The molecule has 0 bridgehead atoms. The number of aliphatic hydroxyl groups is 1. The van der Waals surface area contributed by atoms with Crippen molar-refractivity contribution in [2.75, 3.05) is 5.32 Å². The van der Waals surface area contributed by atoms with Crippen LogP contribution in [0.4, 0.5) is 5.69 Å². The molecule has 1 unspecified atom stereocenters. The third-order valence-electron chi connectivity index (χ3n) is 2.51. The van der Waals surface area contributed by atoms with E-state index in [0.29, 0.717) is 12.0 Å². The lowest BCUT2D eigenvalue weighted by Gasteiger charge is -2.17. The van der Waals surface area contributed by atoms with E-state index in [1.54, 1.807) is 19.1 Å². The average Bonchev–Trinajstić information content (AvgIpc) is 2.41. The largest absolute Gasteiger partial charge is 0.375 e. The Morgan fingerprint density at radius 1 is 1.46 bits per heavy atom. The Morgan fingerprint density at radius 2 is 2.15 bits per heavy atom. The molecule has 1 aliphatic rings. The number of rotatable bonds is 1. The first-order valence-corrected chi connectivity index (χ1v) is 4.32. The topological polar surface area (TPSA) is 49.3 Å². The molecule has 0 saturated heterocycles. The van der Waals surface area contributed by atoms with E-state index in [2.05, 4.69) is 5.32 Å². The van der Waals surface area contributed by atoms with Crippen LogP contribution in [-0.4, -0.2) is 11.0 Å². The van der Waals surface area contributed by atoms with Crippen LogP contribution >= 0.6 is 0 Å². The molecule has 13 heavy (non-hydrogen) atoms. The van der Waals surface area contributed by atoms with Gasteiger partial charge in [-0.1, -0.05) is 25.1 Å². The normalized spacial score (nSPS) is 25.5. The molecule has 0 radical (unpaired) electrons. The van der Waals surface area contributed by atoms with Crippen molar-refractivity contribution >= 4 is 11.6 Å². The van der Waals surface area contributed by atoms with Crippen LogP contribution in [0.3, 0.4) is 0 Å². The molecule has 1 aromatic carbocycles. The van der Waals surface area contributed by atoms with Gasteiger partial charge in [-0.2, -0.15) is 0 Å². The lowest BCUT2D eigenvalue weighted by atomic mass is 9.93. The van der Waals surface area contributed by atoms with Gasteiger partial charge in [0.1, 0.15) is 0 Å². The van der Waals surface area contributed by atoms with Gasteiger partial charge in [-0.05, 0) is 12.5 Å². The number of nitrogens with one attached hydrogen (secondary N) is 1. The summed E-state index contributed by atoms with van der Waals surface area (Å²) in [5, 5.41) is 12.7. The first-order chi connectivity index (χ1) is 6.18. The molecule has 1 aliphatic heterocycles. The first-order valence-electron chi connectivity index (χ1n) is 4.32. The predicted octanol–water partition coefficient (Wildman–Crippen LogP) is 1.24. The zero-order valence-electron chi connectivity index (χ0n) is 7.37. The second-order valence-corrected chi connectivity index (χ2v) is 3.21. The van der Waals surface area contributed by atoms with Crippen LogP contribution < -0.4 is 5.32 Å². The fraction of sp³-hybridized carbons (Fsp3) is 0.300. The fourth-order valence-corrected chi connectivity index (χ4v) is 1.65. The van der Waals surface area contributed by atoms with E-state index in [1.807, 2.05) is 12.1 Å². The van der Waals surface area contributed by atoms with Gasteiger partial charge in [0, 0.05) is 11.3 Å². The zero-order valence-corrected chi connectivity index (χ0v) is 7.37. The quantitative estimate of drug-likeness (QED) is 0.678. The van der Waals surface area contributed by atoms with Crippen molar-refractivity contribution < 1.29 is 9.90 Å². The number of amides is 1. The lowest BCUT2D eigenvalue weighted by molar-refractivity contribution is -0.133. The Balaban J connectivity index is 2.59. The molecule has 0 spiro atoms. The summed E-state index contributed by atoms with van der Waals surface area (Å²) in [5.74, 6) is -0.323. The summed E-state index contributed by atoms with van der Waals surface area (Å²) < 4.78 is 0. The van der Waals surface area contributed by atoms with E-state index in [0.717, 1.165) is 5.69 Å². The second-order valence-electron chi connectivity index (χ2n) is 3.21. The van der Waals surface area contributed by atoms with Gasteiger partial charge in [-0.15, -0.1) is 0 Å². The number of hydrogen-bond acceptors (Lipinski definition) is 2.